The van der Waals surface area contributed by atoms with Gasteiger partial charge in [-0.05, 0) is 41.6 Å². The normalized spacial score (nSPS) is 12.7. The van der Waals surface area contributed by atoms with E-state index in [4.69, 9.17) is 17.0 Å². The quantitative estimate of drug-likeness (QED) is 0.588. The van der Waals surface area contributed by atoms with E-state index in [1.165, 1.54) is 22.8 Å². The van der Waals surface area contributed by atoms with Gasteiger partial charge in [0.15, 0.2) is 3.95 Å². The van der Waals surface area contributed by atoms with Gasteiger partial charge in [-0.25, -0.2) is 4.79 Å². The van der Waals surface area contributed by atoms with Gasteiger partial charge in [0.25, 0.3) is 0 Å². The summed E-state index contributed by atoms with van der Waals surface area (Å²) in [4.78, 5) is 14.7. The molecule has 1 heterocycles. The van der Waals surface area contributed by atoms with Gasteiger partial charge in [0, 0.05) is 6.08 Å². The van der Waals surface area contributed by atoms with Crippen LogP contribution in [0.2, 0.25) is 0 Å². The first kappa shape index (κ1) is 15.6. The minimum absolute atomic E-state index is 0.350. The number of rotatable bonds is 3. The Bertz CT molecular complexity index is 1030. The molecule has 0 amide bonds. The van der Waals surface area contributed by atoms with Crippen molar-refractivity contribution in [1.82, 2.24) is 4.98 Å². The van der Waals surface area contributed by atoms with Crippen LogP contribution in [0.5, 0.6) is 0 Å². The maximum Gasteiger partial charge on any atom is 0.332 e. The highest BCUT2D eigenvalue weighted by Crippen LogP contribution is 2.18. The third-order valence-electron chi connectivity index (χ3n) is 3.36. The maximum absolute atomic E-state index is 11.7. The van der Waals surface area contributed by atoms with Gasteiger partial charge in [0.1, 0.15) is 0 Å². The molecule has 0 aliphatic carbocycles. The highest BCUT2D eigenvalue weighted by molar-refractivity contribution is 7.73. The summed E-state index contributed by atoms with van der Waals surface area (Å²) in [5.74, 6) is -0.371. The molecule has 3 aromatic rings. The van der Waals surface area contributed by atoms with Crippen LogP contribution in [0.4, 0.5) is 0 Å². The van der Waals surface area contributed by atoms with Gasteiger partial charge < -0.3 is 9.72 Å². The van der Waals surface area contributed by atoms with Crippen LogP contribution in [-0.4, -0.2) is 17.6 Å². The number of aromatic amines is 1. The predicted molar refractivity (Wildman–Crippen MR) is 97.4 cm³/mol. The SMILES string of the molecule is CCOC(=O)/C=c1\[nH]c(=S)s\c1=C/c1cccc2ccccc12. The van der Waals surface area contributed by atoms with E-state index in [0.717, 1.165) is 15.5 Å². The molecular formula is C18H15NO2S2. The second-order valence-electron chi connectivity index (χ2n) is 4.90. The summed E-state index contributed by atoms with van der Waals surface area (Å²) in [6.45, 7) is 2.13. The summed E-state index contributed by atoms with van der Waals surface area (Å²) in [6, 6.07) is 14.4. The Kier molecular flexibility index (Phi) is 4.69. The Labute approximate surface area is 142 Å². The van der Waals surface area contributed by atoms with Crippen LogP contribution in [0.25, 0.3) is 22.9 Å². The van der Waals surface area contributed by atoms with Crippen molar-refractivity contribution in [3.8, 4) is 0 Å². The van der Waals surface area contributed by atoms with Crippen LogP contribution in [0.3, 0.4) is 0 Å². The molecule has 0 spiro atoms. The van der Waals surface area contributed by atoms with E-state index >= 15 is 0 Å². The zero-order valence-corrected chi connectivity index (χ0v) is 14.2. The Morgan fingerprint density at radius 3 is 2.87 bits per heavy atom. The van der Waals surface area contributed by atoms with E-state index in [1.54, 1.807) is 6.92 Å². The third kappa shape index (κ3) is 3.57. The van der Waals surface area contributed by atoms with Crippen molar-refractivity contribution in [3.63, 3.8) is 0 Å². The molecule has 1 aromatic heterocycles. The third-order valence-corrected chi connectivity index (χ3v) is 4.56. The van der Waals surface area contributed by atoms with Crippen LogP contribution in [0.1, 0.15) is 12.5 Å². The maximum atomic E-state index is 11.7. The highest BCUT2D eigenvalue weighted by Gasteiger charge is 2.01. The number of carbonyl (C=O) groups excluding carboxylic acids is 1. The molecule has 0 fully saturated rings. The van der Waals surface area contributed by atoms with Gasteiger partial charge >= 0.3 is 5.97 Å². The second-order valence-corrected chi connectivity index (χ2v) is 6.62. The zero-order chi connectivity index (χ0) is 16.2. The standard InChI is InChI=1S/C18H15NO2S2/c1-2-21-17(20)11-15-16(23-18(22)19-15)10-13-8-5-7-12-6-3-4-9-14(12)13/h3-11H,2H2,1H3,(H,19,22)/b15-11-,16-10-. The first-order valence-electron chi connectivity index (χ1n) is 7.24. The number of thiazole rings is 1. The average Bonchev–Trinajstić information content (AvgIpc) is 2.87. The second kappa shape index (κ2) is 6.89. The minimum Gasteiger partial charge on any atom is -0.463 e. The number of hydrogen-bond acceptors (Lipinski definition) is 4. The first-order chi connectivity index (χ1) is 11.2. The molecule has 3 nitrogen and oxygen atoms in total. The van der Waals surface area contributed by atoms with Gasteiger partial charge in [0.2, 0.25) is 0 Å². The highest BCUT2D eigenvalue weighted by atomic mass is 32.1. The van der Waals surface area contributed by atoms with Crippen LogP contribution < -0.4 is 9.88 Å². The first-order valence-corrected chi connectivity index (χ1v) is 8.47. The van der Waals surface area contributed by atoms with Crippen molar-refractivity contribution in [2.45, 2.75) is 6.92 Å². The van der Waals surface area contributed by atoms with E-state index in [0.29, 0.717) is 15.9 Å². The number of benzene rings is 2. The number of aromatic nitrogens is 1. The molecule has 3 rings (SSSR count). The minimum atomic E-state index is -0.371. The fraction of sp³-hybridized carbons (Fsp3) is 0.111. The summed E-state index contributed by atoms with van der Waals surface area (Å²) in [7, 11) is 0. The summed E-state index contributed by atoms with van der Waals surface area (Å²) in [5, 5.41) is 3.03. The number of esters is 1. The van der Waals surface area contributed by atoms with Crippen molar-refractivity contribution in [1.29, 1.82) is 0 Å². The van der Waals surface area contributed by atoms with Crippen molar-refractivity contribution in [3.05, 3.63) is 61.9 Å². The Morgan fingerprint density at radius 1 is 1.26 bits per heavy atom. The number of nitrogens with one attached hydrogen (secondary N) is 1. The zero-order valence-electron chi connectivity index (χ0n) is 12.5. The lowest BCUT2D eigenvalue weighted by Crippen LogP contribution is -2.23. The monoisotopic (exact) mass is 341 g/mol. The van der Waals surface area contributed by atoms with Gasteiger partial charge in [-0.2, -0.15) is 0 Å². The summed E-state index contributed by atoms with van der Waals surface area (Å²) < 4.78 is 6.52. The van der Waals surface area contributed by atoms with Crippen molar-refractivity contribution >= 4 is 52.4 Å². The van der Waals surface area contributed by atoms with Gasteiger partial charge in [-0.15, -0.1) is 11.3 Å². The fourth-order valence-electron chi connectivity index (χ4n) is 2.39. The molecule has 0 saturated carbocycles. The number of carbonyl (C=O) groups is 1. The van der Waals surface area contributed by atoms with Crippen molar-refractivity contribution in [2.24, 2.45) is 0 Å². The Hall–Kier alpha value is -2.24. The molecule has 0 aliphatic rings. The predicted octanol–water partition coefficient (Wildman–Crippen LogP) is 3.13. The topological polar surface area (TPSA) is 42.1 Å². The number of hydrogen-bond donors (Lipinski definition) is 1. The molecule has 0 atom stereocenters. The molecule has 0 unspecified atom stereocenters. The largest absolute Gasteiger partial charge is 0.463 e. The van der Waals surface area contributed by atoms with E-state index in [9.17, 15) is 4.79 Å². The molecular weight excluding hydrogens is 326 g/mol. The van der Waals surface area contributed by atoms with Gasteiger partial charge in [-0.3, -0.25) is 0 Å². The van der Waals surface area contributed by atoms with Crippen LogP contribution >= 0.6 is 23.6 Å². The summed E-state index contributed by atoms with van der Waals surface area (Å²) >= 11 is 6.66. The smallest absolute Gasteiger partial charge is 0.332 e. The summed E-state index contributed by atoms with van der Waals surface area (Å²) in [6.07, 6.45) is 3.50. The molecule has 116 valence electrons. The number of fused-ring (bicyclic) bond motifs is 1. The van der Waals surface area contributed by atoms with Gasteiger partial charge in [-0.1, -0.05) is 42.5 Å². The van der Waals surface area contributed by atoms with Crippen LogP contribution in [0, 0.1) is 3.95 Å². The van der Waals surface area contributed by atoms with E-state index in [2.05, 4.69) is 29.2 Å². The average molecular weight is 341 g/mol. The molecule has 1 N–H and O–H groups in total. The number of ether oxygens (including phenoxy) is 1. The molecule has 23 heavy (non-hydrogen) atoms. The van der Waals surface area contributed by atoms with Crippen LogP contribution in [-0.2, 0) is 9.53 Å². The van der Waals surface area contributed by atoms with E-state index < -0.39 is 0 Å². The molecule has 0 saturated heterocycles. The fourth-order valence-corrected chi connectivity index (χ4v) is 3.53. The Morgan fingerprint density at radius 2 is 2.04 bits per heavy atom. The summed E-state index contributed by atoms with van der Waals surface area (Å²) in [5.41, 5.74) is 1.09. The molecule has 0 radical (unpaired) electrons. The lowest BCUT2D eigenvalue weighted by molar-refractivity contribution is -0.135. The van der Waals surface area contributed by atoms with Crippen molar-refractivity contribution < 1.29 is 9.53 Å². The number of H-pyrrole nitrogens is 1. The van der Waals surface area contributed by atoms with Gasteiger partial charge in [0.05, 0.1) is 16.5 Å². The molecule has 0 bridgehead atoms. The Balaban J connectivity index is 2.20. The molecule has 2 aromatic carbocycles. The lowest BCUT2D eigenvalue weighted by atomic mass is 10.0. The van der Waals surface area contributed by atoms with E-state index in [1.807, 2.05) is 24.3 Å². The van der Waals surface area contributed by atoms with Crippen molar-refractivity contribution in [2.75, 3.05) is 6.61 Å². The van der Waals surface area contributed by atoms with Crippen LogP contribution in [0.15, 0.2) is 42.5 Å². The molecule has 5 heteroatoms. The lowest BCUT2D eigenvalue weighted by Gasteiger charge is -2.00. The molecule has 0 aliphatic heterocycles. The van der Waals surface area contributed by atoms with E-state index in [-0.39, 0.29) is 5.97 Å².